The maximum Gasteiger partial charge on any atom is 0.255 e. The van der Waals surface area contributed by atoms with Crippen LogP contribution in [0.1, 0.15) is 69.7 Å². The molecule has 30 heavy (non-hydrogen) atoms. The van der Waals surface area contributed by atoms with Crippen molar-refractivity contribution in [2.24, 2.45) is 5.92 Å². The van der Waals surface area contributed by atoms with E-state index in [1.54, 1.807) is 12.1 Å². The van der Waals surface area contributed by atoms with Gasteiger partial charge in [-0.25, -0.2) is 0 Å². The smallest absolute Gasteiger partial charge is 0.255 e. The summed E-state index contributed by atoms with van der Waals surface area (Å²) in [5.41, 5.74) is 1.29. The Morgan fingerprint density at radius 3 is 2.53 bits per heavy atom. The summed E-state index contributed by atoms with van der Waals surface area (Å²) in [7, 11) is 0. The highest BCUT2D eigenvalue weighted by atomic mass is 79.9. The summed E-state index contributed by atoms with van der Waals surface area (Å²) < 4.78 is 12.4. The minimum absolute atomic E-state index is 0.166. The Morgan fingerprint density at radius 1 is 1.00 bits per heavy atom. The van der Waals surface area contributed by atoms with Gasteiger partial charge in [0.05, 0.1) is 17.7 Å². The van der Waals surface area contributed by atoms with Crippen LogP contribution in [0.25, 0.3) is 0 Å². The molecule has 1 amide bonds. The summed E-state index contributed by atoms with van der Waals surface area (Å²) in [5.74, 6) is 1.95. The van der Waals surface area contributed by atoms with E-state index in [0.717, 1.165) is 34.5 Å². The van der Waals surface area contributed by atoms with Crippen molar-refractivity contribution in [3.63, 3.8) is 0 Å². The van der Waals surface area contributed by atoms with Crippen molar-refractivity contribution in [2.45, 2.75) is 59.3 Å². The number of halogens is 1. The molecule has 0 aliphatic carbocycles. The average molecular weight is 476 g/mol. The van der Waals surface area contributed by atoms with Crippen LogP contribution < -0.4 is 14.8 Å². The first kappa shape index (κ1) is 24.3. The van der Waals surface area contributed by atoms with Gasteiger partial charge in [0.15, 0.2) is 0 Å². The van der Waals surface area contributed by atoms with Crippen LogP contribution in [0.2, 0.25) is 0 Å². The Balaban J connectivity index is 1.87. The van der Waals surface area contributed by atoms with E-state index in [0.29, 0.717) is 24.7 Å². The zero-order valence-corrected chi connectivity index (χ0v) is 20.0. The van der Waals surface area contributed by atoms with Crippen molar-refractivity contribution in [1.82, 2.24) is 0 Å². The predicted octanol–water partition coefficient (Wildman–Crippen LogP) is 7.48. The van der Waals surface area contributed by atoms with Crippen LogP contribution in [-0.2, 0) is 0 Å². The van der Waals surface area contributed by atoms with Gasteiger partial charge in [0, 0.05) is 17.3 Å². The van der Waals surface area contributed by atoms with Crippen molar-refractivity contribution < 1.29 is 14.3 Å². The molecule has 0 bridgehead atoms. The van der Waals surface area contributed by atoms with Gasteiger partial charge in [0.25, 0.3) is 5.91 Å². The Kier molecular flexibility index (Phi) is 10.8. The lowest BCUT2D eigenvalue weighted by molar-refractivity contribution is 0.102. The second kappa shape index (κ2) is 13.3. The Bertz CT molecular complexity index is 792. The van der Waals surface area contributed by atoms with Crippen molar-refractivity contribution in [3.05, 3.63) is 52.5 Å². The Labute approximate surface area is 189 Å². The largest absolute Gasteiger partial charge is 0.494 e. The minimum Gasteiger partial charge on any atom is -0.494 e. The summed E-state index contributed by atoms with van der Waals surface area (Å²) >= 11 is 3.51. The van der Waals surface area contributed by atoms with Crippen LogP contribution >= 0.6 is 15.9 Å². The number of hydrogen-bond donors (Lipinski definition) is 1. The fourth-order valence-corrected chi connectivity index (χ4v) is 3.42. The van der Waals surface area contributed by atoms with Gasteiger partial charge in [0.1, 0.15) is 11.5 Å². The molecule has 0 radical (unpaired) electrons. The number of benzene rings is 2. The number of hydrogen-bond acceptors (Lipinski definition) is 3. The standard InChI is InChI=1S/C25H34BrNO3/c1-4-5-6-7-8-15-29-22-11-9-10-21(18-22)27-25(28)20-12-13-24(23(26)17-20)30-16-14-19(2)3/h9-13,17-19H,4-8,14-16H2,1-3H3,(H,27,28). The van der Waals surface area contributed by atoms with E-state index in [9.17, 15) is 4.79 Å². The molecular formula is C25H34BrNO3. The first-order chi connectivity index (χ1) is 14.5. The van der Waals surface area contributed by atoms with E-state index in [2.05, 4.69) is 42.0 Å². The van der Waals surface area contributed by atoms with Gasteiger partial charge < -0.3 is 14.8 Å². The van der Waals surface area contributed by atoms with Crippen molar-refractivity contribution in [2.75, 3.05) is 18.5 Å². The lowest BCUT2D eigenvalue weighted by atomic mass is 10.1. The van der Waals surface area contributed by atoms with Gasteiger partial charge in [-0.3, -0.25) is 4.79 Å². The SMILES string of the molecule is CCCCCCCOc1cccc(NC(=O)c2ccc(OCCC(C)C)c(Br)c2)c1. The summed E-state index contributed by atoms with van der Waals surface area (Å²) in [6.07, 6.45) is 7.02. The topological polar surface area (TPSA) is 47.6 Å². The second-order valence-corrected chi connectivity index (χ2v) is 8.78. The predicted molar refractivity (Wildman–Crippen MR) is 128 cm³/mol. The summed E-state index contributed by atoms with van der Waals surface area (Å²) in [4.78, 5) is 12.6. The van der Waals surface area contributed by atoms with Crippen molar-refractivity contribution in [1.29, 1.82) is 0 Å². The van der Waals surface area contributed by atoms with E-state index >= 15 is 0 Å². The first-order valence-corrected chi connectivity index (χ1v) is 11.8. The molecule has 2 rings (SSSR count). The van der Waals surface area contributed by atoms with Gasteiger partial charge in [-0.05, 0) is 65.0 Å². The zero-order valence-electron chi connectivity index (χ0n) is 18.4. The summed E-state index contributed by atoms with van der Waals surface area (Å²) in [5, 5.41) is 2.94. The van der Waals surface area contributed by atoms with Crippen molar-refractivity contribution in [3.8, 4) is 11.5 Å². The molecule has 5 heteroatoms. The number of carbonyl (C=O) groups excluding carboxylic acids is 1. The lowest BCUT2D eigenvalue weighted by Gasteiger charge is -2.12. The second-order valence-electron chi connectivity index (χ2n) is 7.92. The van der Waals surface area contributed by atoms with Gasteiger partial charge in [-0.2, -0.15) is 0 Å². The summed E-state index contributed by atoms with van der Waals surface area (Å²) in [6.45, 7) is 7.91. The number of nitrogens with one attached hydrogen (secondary N) is 1. The van der Waals surface area contributed by atoms with Crippen LogP contribution in [0.3, 0.4) is 0 Å². The van der Waals surface area contributed by atoms with Crippen LogP contribution in [0.15, 0.2) is 46.9 Å². The molecule has 2 aromatic carbocycles. The third-order valence-electron chi connectivity index (χ3n) is 4.76. The van der Waals surface area contributed by atoms with E-state index < -0.39 is 0 Å². The third-order valence-corrected chi connectivity index (χ3v) is 5.38. The summed E-state index contributed by atoms with van der Waals surface area (Å²) in [6, 6.07) is 12.9. The quantitative estimate of drug-likeness (QED) is 0.305. The molecule has 0 saturated heterocycles. The highest BCUT2D eigenvalue weighted by Gasteiger charge is 2.10. The number of anilines is 1. The monoisotopic (exact) mass is 475 g/mol. The molecule has 2 aromatic rings. The third kappa shape index (κ3) is 8.78. The van der Waals surface area contributed by atoms with Crippen LogP contribution in [0.4, 0.5) is 5.69 Å². The van der Waals surface area contributed by atoms with E-state index in [-0.39, 0.29) is 5.91 Å². The fourth-order valence-electron chi connectivity index (χ4n) is 2.93. The van der Waals surface area contributed by atoms with Crippen LogP contribution in [0, 0.1) is 5.92 Å². The minimum atomic E-state index is -0.166. The Morgan fingerprint density at radius 2 is 1.80 bits per heavy atom. The fraction of sp³-hybridized carbons (Fsp3) is 0.480. The molecule has 1 N–H and O–H groups in total. The first-order valence-electron chi connectivity index (χ1n) is 11.0. The molecule has 0 aliphatic rings. The number of amides is 1. The van der Waals surface area contributed by atoms with Crippen LogP contribution in [0.5, 0.6) is 11.5 Å². The molecule has 0 unspecified atom stereocenters. The Hall–Kier alpha value is -2.01. The van der Waals surface area contributed by atoms with Gasteiger partial charge in [-0.1, -0.05) is 52.5 Å². The maximum atomic E-state index is 12.6. The molecule has 4 nitrogen and oxygen atoms in total. The molecular weight excluding hydrogens is 442 g/mol. The molecule has 0 spiro atoms. The van der Waals surface area contributed by atoms with Crippen molar-refractivity contribution >= 4 is 27.5 Å². The van der Waals surface area contributed by atoms with E-state index in [1.165, 1.54) is 25.7 Å². The number of unbranched alkanes of at least 4 members (excludes halogenated alkanes) is 4. The lowest BCUT2D eigenvalue weighted by Crippen LogP contribution is -2.12. The molecule has 164 valence electrons. The molecule has 0 atom stereocenters. The van der Waals surface area contributed by atoms with E-state index in [1.807, 2.05) is 30.3 Å². The average Bonchev–Trinajstić information content (AvgIpc) is 2.72. The highest BCUT2D eigenvalue weighted by molar-refractivity contribution is 9.10. The van der Waals surface area contributed by atoms with Crippen LogP contribution in [-0.4, -0.2) is 19.1 Å². The number of carbonyl (C=O) groups is 1. The normalized spacial score (nSPS) is 10.8. The molecule has 0 heterocycles. The van der Waals surface area contributed by atoms with Gasteiger partial charge in [0.2, 0.25) is 0 Å². The number of ether oxygens (including phenoxy) is 2. The maximum absolute atomic E-state index is 12.6. The molecule has 0 fully saturated rings. The van der Waals surface area contributed by atoms with Gasteiger partial charge >= 0.3 is 0 Å². The highest BCUT2D eigenvalue weighted by Crippen LogP contribution is 2.27. The molecule has 0 aliphatic heterocycles. The number of rotatable bonds is 13. The van der Waals surface area contributed by atoms with E-state index in [4.69, 9.17) is 9.47 Å². The molecule has 0 saturated carbocycles. The molecule has 0 aromatic heterocycles. The zero-order chi connectivity index (χ0) is 21.8. The van der Waals surface area contributed by atoms with Gasteiger partial charge in [-0.15, -0.1) is 0 Å².